The lowest BCUT2D eigenvalue weighted by Crippen LogP contribution is -2.43. The number of para-hydroxylation sites is 1. The molecule has 2 aliphatic heterocycles. The standard InChI is InChI=1S/C21H26N2O2/c1-24-20-7-3-5-18-13-17(15-25-21(18)20)12-16-4-2-6-19(14-16)23-10-8-22-9-11-23/h2-7,14,17,22H,8-13,15H2,1H3. The molecular weight excluding hydrogens is 312 g/mol. The van der Waals surface area contributed by atoms with Crippen molar-refractivity contribution in [2.45, 2.75) is 12.8 Å². The summed E-state index contributed by atoms with van der Waals surface area (Å²) < 4.78 is 11.4. The van der Waals surface area contributed by atoms with E-state index in [-0.39, 0.29) is 0 Å². The second-order valence-corrected chi connectivity index (χ2v) is 6.94. The molecule has 1 fully saturated rings. The highest BCUT2D eigenvalue weighted by molar-refractivity contribution is 5.50. The molecule has 4 rings (SSSR count). The molecule has 2 aromatic carbocycles. The number of fused-ring (bicyclic) bond motifs is 1. The third-order valence-corrected chi connectivity index (χ3v) is 5.17. The molecule has 4 heteroatoms. The number of benzene rings is 2. The summed E-state index contributed by atoms with van der Waals surface area (Å²) in [6.45, 7) is 5.07. The van der Waals surface area contributed by atoms with Crippen LogP contribution in [-0.2, 0) is 12.8 Å². The van der Waals surface area contributed by atoms with Gasteiger partial charge >= 0.3 is 0 Å². The van der Waals surface area contributed by atoms with Gasteiger partial charge in [-0.3, -0.25) is 0 Å². The van der Waals surface area contributed by atoms with E-state index in [0.717, 1.165) is 57.1 Å². The van der Waals surface area contributed by atoms with Gasteiger partial charge in [-0.05, 0) is 42.2 Å². The van der Waals surface area contributed by atoms with E-state index >= 15 is 0 Å². The first-order chi connectivity index (χ1) is 12.3. The fourth-order valence-corrected chi connectivity index (χ4v) is 3.89. The number of nitrogens with zero attached hydrogens (tertiary/aromatic N) is 1. The number of rotatable bonds is 4. The normalized spacial score (nSPS) is 19.9. The van der Waals surface area contributed by atoms with Crippen molar-refractivity contribution in [2.75, 3.05) is 44.8 Å². The van der Waals surface area contributed by atoms with Crippen molar-refractivity contribution in [3.63, 3.8) is 0 Å². The van der Waals surface area contributed by atoms with Crippen LogP contribution < -0.4 is 19.7 Å². The minimum absolute atomic E-state index is 0.512. The minimum Gasteiger partial charge on any atom is -0.493 e. The van der Waals surface area contributed by atoms with Crippen molar-refractivity contribution in [2.24, 2.45) is 5.92 Å². The Bertz CT molecular complexity index is 726. The molecule has 4 nitrogen and oxygen atoms in total. The Balaban J connectivity index is 1.46. The lowest BCUT2D eigenvalue weighted by Gasteiger charge is -2.30. The van der Waals surface area contributed by atoms with Crippen LogP contribution in [0.1, 0.15) is 11.1 Å². The van der Waals surface area contributed by atoms with Gasteiger partial charge in [0.15, 0.2) is 11.5 Å². The average molecular weight is 338 g/mol. The Morgan fingerprint density at radius 3 is 2.84 bits per heavy atom. The van der Waals surface area contributed by atoms with Gasteiger partial charge in [0.25, 0.3) is 0 Å². The van der Waals surface area contributed by atoms with E-state index in [4.69, 9.17) is 9.47 Å². The van der Waals surface area contributed by atoms with Gasteiger partial charge in [0.05, 0.1) is 13.7 Å². The van der Waals surface area contributed by atoms with E-state index < -0.39 is 0 Å². The highest BCUT2D eigenvalue weighted by Crippen LogP contribution is 2.36. The Labute approximate surface area is 149 Å². The smallest absolute Gasteiger partial charge is 0.164 e. The molecule has 25 heavy (non-hydrogen) atoms. The summed E-state index contributed by atoms with van der Waals surface area (Å²) in [5.74, 6) is 2.28. The van der Waals surface area contributed by atoms with Gasteiger partial charge in [0, 0.05) is 37.8 Å². The average Bonchev–Trinajstić information content (AvgIpc) is 2.68. The van der Waals surface area contributed by atoms with E-state index in [1.807, 2.05) is 6.07 Å². The fourth-order valence-electron chi connectivity index (χ4n) is 3.89. The van der Waals surface area contributed by atoms with Crippen molar-refractivity contribution in [3.8, 4) is 11.5 Å². The summed E-state index contributed by atoms with van der Waals surface area (Å²) in [5, 5.41) is 3.42. The Morgan fingerprint density at radius 2 is 2.00 bits per heavy atom. The van der Waals surface area contributed by atoms with Gasteiger partial charge in [-0.2, -0.15) is 0 Å². The molecule has 0 saturated carbocycles. The first-order valence-electron chi connectivity index (χ1n) is 9.17. The molecule has 2 heterocycles. The van der Waals surface area contributed by atoms with Gasteiger partial charge in [-0.15, -0.1) is 0 Å². The molecule has 1 atom stereocenters. The first kappa shape index (κ1) is 16.3. The number of methoxy groups -OCH3 is 1. The van der Waals surface area contributed by atoms with Crippen molar-refractivity contribution in [1.29, 1.82) is 0 Å². The van der Waals surface area contributed by atoms with Crippen LogP contribution in [0.25, 0.3) is 0 Å². The van der Waals surface area contributed by atoms with Crippen LogP contribution in [0.5, 0.6) is 11.5 Å². The summed E-state index contributed by atoms with van der Waals surface area (Å²) in [6, 6.07) is 15.2. The van der Waals surface area contributed by atoms with Gasteiger partial charge in [0.1, 0.15) is 0 Å². The molecule has 2 aromatic rings. The Kier molecular flexibility index (Phi) is 4.79. The number of anilines is 1. The van der Waals surface area contributed by atoms with E-state index in [9.17, 15) is 0 Å². The fraction of sp³-hybridized carbons (Fsp3) is 0.429. The van der Waals surface area contributed by atoms with Gasteiger partial charge in [0.2, 0.25) is 0 Å². The molecule has 0 spiro atoms. The molecule has 1 unspecified atom stereocenters. The SMILES string of the molecule is COc1cccc2c1OCC(Cc1cccc(N3CCNCC3)c1)C2. The van der Waals surface area contributed by atoms with Gasteiger partial charge in [-0.25, -0.2) is 0 Å². The molecule has 1 N–H and O–H groups in total. The van der Waals surface area contributed by atoms with Crippen molar-refractivity contribution >= 4 is 5.69 Å². The predicted octanol–water partition coefficient (Wildman–Crippen LogP) is 2.90. The molecule has 0 aliphatic carbocycles. The Hall–Kier alpha value is -2.20. The summed E-state index contributed by atoms with van der Waals surface area (Å²) >= 11 is 0. The molecule has 1 saturated heterocycles. The topological polar surface area (TPSA) is 33.7 Å². The lowest BCUT2D eigenvalue weighted by atomic mass is 9.90. The Morgan fingerprint density at radius 1 is 1.16 bits per heavy atom. The third kappa shape index (κ3) is 3.59. The maximum absolute atomic E-state index is 6.03. The molecular formula is C21H26N2O2. The van der Waals surface area contributed by atoms with Crippen LogP contribution in [0.15, 0.2) is 42.5 Å². The summed E-state index contributed by atoms with van der Waals surface area (Å²) in [5.41, 5.74) is 4.00. The molecule has 0 amide bonds. The monoisotopic (exact) mass is 338 g/mol. The molecule has 0 bridgehead atoms. The van der Waals surface area contributed by atoms with Crippen LogP contribution in [0.3, 0.4) is 0 Å². The van der Waals surface area contributed by atoms with Crippen molar-refractivity contribution < 1.29 is 9.47 Å². The summed E-state index contributed by atoms with van der Waals surface area (Å²) in [7, 11) is 1.70. The summed E-state index contributed by atoms with van der Waals surface area (Å²) in [6.07, 6.45) is 2.10. The van der Waals surface area contributed by atoms with Gasteiger partial charge < -0.3 is 19.7 Å². The molecule has 132 valence electrons. The first-order valence-corrected chi connectivity index (χ1v) is 9.17. The maximum Gasteiger partial charge on any atom is 0.164 e. The molecule has 2 aliphatic rings. The van der Waals surface area contributed by atoms with Crippen LogP contribution in [0.2, 0.25) is 0 Å². The number of ether oxygens (including phenoxy) is 2. The predicted molar refractivity (Wildman–Crippen MR) is 101 cm³/mol. The van der Waals surface area contributed by atoms with Crippen LogP contribution in [-0.4, -0.2) is 39.9 Å². The quantitative estimate of drug-likeness (QED) is 0.929. The molecule has 0 aromatic heterocycles. The van der Waals surface area contributed by atoms with Crippen molar-refractivity contribution in [1.82, 2.24) is 5.32 Å². The van der Waals surface area contributed by atoms with Crippen LogP contribution >= 0.6 is 0 Å². The van der Waals surface area contributed by atoms with Gasteiger partial charge in [-0.1, -0.05) is 24.3 Å². The van der Waals surface area contributed by atoms with E-state index in [2.05, 4.69) is 46.6 Å². The highest BCUT2D eigenvalue weighted by atomic mass is 16.5. The highest BCUT2D eigenvalue weighted by Gasteiger charge is 2.23. The zero-order valence-corrected chi connectivity index (χ0v) is 14.8. The van der Waals surface area contributed by atoms with E-state index in [0.29, 0.717) is 5.92 Å². The largest absolute Gasteiger partial charge is 0.493 e. The second kappa shape index (κ2) is 7.36. The lowest BCUT2D eigenvalue weighted by molar-refractivity contribution is 0.211. The van der Waals surface area contributed by atoms with E-state index in [1.54, 1.807) is 7.11 Å². The summed E-state index contributed by atoms with van der Waals surface area (Å²) in [4.78, 5) is 2.47. The maximum atomic E-state index is 6.03. The number of piperazine rings is 1. The van der Waals surface area contributed by atoms with Crippen molar-refractivity contribution in [3.05, 3.63) is 53.6 Å². The number of hydrogen-bond acceptors (Lipinski definition) is 4. The zero-order valence-electron chi connectivity index (χ0n) is 14.8. The third-order valence-electron chi connectivity index (χ3n) is 5.17. The second-order valence-electron chi connectivity index (χ2n) is 6.94. The minimum atomic E-state index is 0.512. The van der Waals surface area contributed by atoms with Crippen LogP contribution in [0.4, 0.5) is 5.69 Å². The van der Waals surface area contributed by atoms with E-state index in [1.165, 1.54) is 16.8 Å². The zero-order chi connectivity index (χ0) is 17.1. The number of nitrogens with one attached hydrogen (secondary N) is 1. The molecule has 0 radical (unpaired) electrons. The number of hydrogen-bond donors (Lipinski definition) is 1. The van der Waals surface area contributed by atoms with Crippen LogP contribution in [0, 0.1) is 5.92 Å².